The van der Waals surface area contributed by atoms with Gasteiger partial charge in [0.25, 0.3) is 0 Å². The molecule has 0 radical (unpaired) electrons. The summed E-state index contributed by atoms with van der Waals surface area (Å²) in [5, 5.41) is 6.74. The third kappa shape index (κ3) is 1.56. The molecule has 0 spiro atoms. The first kappa shape index (κ1) is 9.99. The lowest BCUT2D eigenvalue weighted by molar-refractivity contribution is 0.495. The van der Waals surface area contributed by atoms with Crippen molar-refractivity contribution < 1.29 is 0 Å². The van der Waals surface area contributed by atoms with Gasteiger partial charge in [-0.15, -0.1) is 0 Å². The molecule has 5 nitrogen and oxygen atoms in total. The van der Waals surface area contributed by atoms with Gasteiger partial charge >= 0.3 is 0 Å². The van der Waals surface area contributed by atoms with Crippen LogP contribution in [0.15, 0.2) is 6.33 Å². The summed E-state index contributed by atoms with van der Waals surface area (Å²) in [5.74, 6) is 1.13. The summed E-state index contributed by atoms with van der Waals surface area (Å²) in [6.07, 6.45) is 1.69. The monoisotopic (exact) mass is 219 g/mol. The molecular weight excluding hydrogens is 202 g/mol. The number of anilines is 1. The van der Waals surface area contributed by atoms with Crippen LogP contribution in [-0.2, 0) is 13.1 Å². The number of rotatable bonds is 1. The molecule has 1 saturated heterocycles. The van der Waals surface area contributed by atoms with Gasteiger partial charge in [0.2, 0.25) is 0 Å². The fourth-order valence-electron chi connectivity index (χ4n) is 2.48. The van der Waals surface area contributed by atoms with E-state index in [-0.39, 0.29) is 0 Å². The van der Waals surface area contributed by atoms with E-state index < -0.39 is 0 Å². The largest absolute Gasteiger partial charge is 0.351 e. The van der Waals surface area contributed by atoms with Gasteiger partial charge in [-0.1, -0.05) is 0 Å². The normalized spacial score (nSPS) is 24.6. The molecule has 0 bridgehead atoms. The molecule has 0 amide bonds. The van der Waals surface area contributed by atoms with Gasteiger partial charge in [-0.05, 0) is 6.92 Å². The van der Waals surface area contributed by atoms with Crippen molar-refractivity contribution in [3.05, 3.63) is 17.6 Å². The Bertz CT molecular complexity index is 392. The summed E-state index contributed by atoms with van der Waals surface area (Å²) in [6, 6.07) is 0.508. The molecule has 5 heteroatoms. The van der Waals surface area contributed by atoms with E-state index in [1.54, 1.807) is 6.33 Å². The molecule has 86 valence electrons. The van der Waals surface area contributed by atoms with E-state index in [1.807, 2.05) is 0 Å². The van der Waals surface area contributed by atoms with Crippen LogP contribution in [0, 0.1) is 0 Å². The van der Waals surface area contributed by atoms with Crippen LogP contribution in [0.3, 0.4) is 0 Å². The van der Waals surface area contributed by atoms with Crippen molar-refractivity contribution in [3.63, 3.8) is 0 Å². The Kier molecular flexibility index (Phi) is 2.49. The van der Waals surface area contributed by atoms with Crippen molar-refractivity contribution in [2.75, 3.05) is 24.5 Å². The molecule has 2 N–H and O–H groups in total. The number of hydrogen-bond acceptors (Lipinski definition) is 5. The van der Waals surface area contributed by atoms with Crippen LogP contribution >= 0.6 is 0 Å². The zero-order valence-electron chi connectivity index (χ0n) is 9.53. The van der Waals surface area contributed by atoms with Crippen LogP contribution in [0.5, 0.6) is 0 Å². The van der Waals surface area contributed by atoms with Gasteiger partial charge in [0.15, 0.2) is 0 Å². The first-order valence-electron chi connectivity index (χ1n) is 5.87. The molecule has 3 heterocycles. The standard InChI is InChI=1S/C11H17N5/c1-8-4-12-2-3-16(8)11-9-5-13-6-10(9)14-7-15-11/h7-8,12-13H,2-6H2,1H3. The summed E-state index contributed by atoms with van der Waals surface area (Å²) in [5.41, 5.74) is 2.45. The Balaban J connectivity index is 1.96. The molecule has 1 fully saturated rings. The third-order valence-electron chi connectivity index (χ3n) is 3.38. The van der Waals surface area contributed by atoms with Crippen molar-refractivity contribution >= 4 is 5.82 Å². The lowest BCUT2D eigenvalue weighted by atomic mass is 10.1. The van der Waals surface area contributed by atoms with Gasteiger partial charge in [0.05, 0.1) is 5.69 Å². The molecule has 1 aromatic rings. The lowest BCUT2D eigenvalue weighted by Crippen LogP contribution is -2.50. The van der Waals surface area contributed by atoms with E-state index >= 15 is 0 Å². The van der Waals surface area contributed by atoms with Crippen LogP contribution in [0.2, 0.25) is 0 Å². The first-order chi connectivity index (χ1) is 7.86. The molecular formula is C11H17N5. The van der Waals surface area contributed by atoms with Crippen LogP contribution in [-0.4, -0.2) is 35.6 Å². The average Bonchev–Trinajstić information content (AvgIpc) is 2.77. The maximum atomic E-state index is 4.47. The highest BCUT2D eigenvalue weighted by molar-refractivity contribution is 5.51. The van der Waals surface area contributed by atoms with Gasteiger partial charge in [-0.2, -0.15) is 0 Å². The second-order valence-corrected chi connectivity index (χ2v) is 4.47. The fourth-order valence-corrected chi connectivity index (χ4v) is 2.48. The van der Waals surface area contributed by atoms with Crippen LogP contribution in [0.1, 0.15) is 18.2 Å². The Hall–Kier alpha value is -1.20. The van der Waals surface area contributed by atoms with Gasteiger partial charge in [-0.25, -0.2) is 9.97 Å². The van der Waals surface area contributed by atoms with E-state index in [9.17, 15) is 0 Å². The van der Waals surface area contributed by atoms with E-state index in [2.05, 4.69) is 32.4 Å². The van der Waals surface area contributed by atoms with E-state index in [0.29, 0.717) is 6.04 Å². The molecule has 1 unspecified atom stereocenters. The Labute approximate surface area is 95.3 Å². The predicted octanol–water partition coefficient (Wildman–Crippen LogP) is -0.122. The third-order valence-corrected chi connectivity index (χ3v) is 3.38. The summed E-state index contributed by atoms with van der Waals surface area (Å²) >= 11 is 0. The summed E-state index contributed by atoms with van der Waals surface area (Å²) in [4.78, 5) is 11.2. The minimum atomic E-state index is 0.508. The molecule has 2 aliphatic heterocycles. The SMILES string of the molecule is CC1CNCCN1c1ncnc2c1CNC2. The van der Waals surface area contributed by atoms with E-state index in [1.165, 1.54) is 5.56 Å². The van der Waals surface area contributed by atoms with Gasteiger partial charge < -0.3 is 15.5 Å². The Morgan fingerprint density at radius 1 is 1.31 bits per heavy atom. The minimum absolute atomic E-state index is 0.508. The number of nitrogens with one attached hydrogen (secondary N) is 2. The van der Waals surface area contributed by atoms with E-state index in [0.717, 1.165) is 44.2 Å². The van der Waals surface area contributed by atoms with E-state index in [4.69, 9.17) is 0 Å². The Morgan fingerprint density at radius 3 is 3.12 bits per heavy atom. The topological polar surface area (TPSA) is 53.1 Å². The average molecular weight is 219 g/mol. The fraction of sp³-hybridized carbons (Fsp3) is 0.636. The predicted molar refractivity (Wildman–Crippen MR) is 62.3 cm³/mol. The summed E-state index contributed by atoms with van der Waals surface area (Å²) in [7, 11) is 0. The number of piperazine rings is 1. The number of hydrogen-bond donors (Lipinski definition) is 2. The number of nitrogens with zero attached hydrogens (tertiary/aromatic N) is 3. The quantitative estimate of drug-likeness (QED) is 0.689. The molecule has 0 aliphatic carbocycles. The highest BCUT2D eigenvalue weighted by atomic mass is 15.3. The van der Waals surface area contributed by atoms with Gasteiger partial charge in [0.1, 0.15) is 12.1 Å². The molecule has 0 aromatic carbocycles. The maximum absolute atomic E-state index is 4.47. The van der Waals surface area contributed by atoms with Crippen molar-refractivity contribution in [2.45, 2.75) is 26.1 Å². The molecule has 0 saturated carbocycles. The smallest absolute Gasteiger partial charge is 0.137 e. The molecule has 1 aromatic heterocycles. The summed E-state index contributed by atoms with van der Waals surface area (Å²) in [6.45, 7) is 7.13. The van der Waals surface area contributed by atoms with Crippen LogP contribution < -0.4 is 15.5 Å². The molecule has 2 aliphatic rings. The number of aromatic nitrogens is 2. The second kappa shape index (κ2) is 3.99. The zero-order chi connectivity index (χ0) is 11.0. The molecule has 1 atom stereocenters. The maximum Gasteiger partial charge on any atom is 0.137 e. The van der Waals surface area contributed by atoms with Crippen molar-refractivity contribution in [3.8, 4) is 0 Å². The van der Waals surface area contributed by atoms with Crippen LogP contribution in [0.25, 0.3) is 0 Å². The Morgan fingerprint density at radius 2 is 2.25 bits per heavy atom. The number of fused-ring (bicyclic) bond motifs is 1. The molecule has 16 heavy (non-hydrogen) atoms. The van der Waals surface area contributed by atoms with Crippen molar-refractivity contribution in [1.29, 1.82) is 0 Å². The molecule has 3 rings (SSSR count). The second-order valence-electron chi connectivity index (χ2n) is 4.47. The first-order valence-corrected chi connectivity index (χ1v) is 5.87. The van der Waals surface area contributed by atoms with Crippen molar-refractivity contribution in [1.82, 2.24) is 20.6 Å². The van der Waals surface area contributed by atoms with Gasteiger partial charge in [0, 0.05) is 44.3 Å². The highest BCUT2D eigenvalue weighted by Gasteiger charge is 2.25. The summed E-state index contributed by atoms with van der Waals surface area (Å²) < 4.78 is 0. The zero-order valence-corrected chi connectivity index (χ0v) is 9.53. The van der Waals surface area contributed by atoms with Crippen LogP contribution in [0.4, 0.5) is 5.82 Å². The minimum Gasteiger partial charge on any atom is -0.351 e. The lowest BCUT2D eigenvalue weighted by Gasteiger charge is -2.35. The highest BCUT2D eigenvalue weighted by Crippen LogP contribution is 2.25. The van der Waals surface area contributed by atoms with Crippen molar-refractivity contribution in [2.24, 2.45) is 0 Å². The van der Waals surface area contributed by atoms with Gasteiger partial charge in [-0.3, -0.25) is 0 Å².